The van der Waals surface area contributed by atoms with Gasteiger partial charge in [0.15, 0.2) is 11.4 Å². The molecule has 0 aliphatic heterocycles. The van der Waals surface area contributed by atoms with E-state index in [0.717, 1.165) is 56.6 Å². The van der Waals surface area contributed by atoms with Gasteiger partial charge in [-0.1, -0.05) is 152 Å². The summed E-state index contributed by atoms with van der Waals surface area (Å²) in [6, 6.07) is 74.4. The van der Waals surface area contributed by atoms with Crippen molar-refractivity contribution in [3.05, 3.63) is 471 Å². The van der Waals surface area contributed by atoms with E-state index in [-0.39, 0.29) is 151 Å². The Balaban J connectivity index is 0.000000159. The Morgan fingerprint density at radius 1 is 0.243 bits per heavy atom. The number of benzene rings is 12. The minimum Gasteiger partial charge on any atom is -0.418 e. The smallest absolute Gasteiger partial charge is 0.418 e. The number of allylic oxidation sites excluding steroid dienone is 18. The summed E-state index contributed by atoms with van der Waals surface area (Å²) < 4.78 is 89.5. The van der Waals surface area contributed by atoms with Gasteiger partial charge in [0.25, 0.3) is 34.2 Å². The number of halogens is 6. The van der Waals surface area contributed by atoms with E-state index >= 15 is 0 Å². The van der Waals surface area contributed by atoms with E-state index in [1.807, 2.05) is 117 Å². The van der Waals surface area contributed by atoms with Crippen LogP contribution in [0.4, 0.5) is 54.8 Å². The van der Waals surface area contributed by atoms with Crippen LogP contribution in [-0.2, 0) is 0 Å². The molecule has 30 heteroatoms. The molecule has 0 aromatic heterocycles. The summed E-state index contributed by atoms with van der Waals surface area (Å²) in [6.07, 6.45) is -10.3. The summed E-state index contributed by atoms with van der Waals surface area (Å²) in [6.45, 7) is 92.1. The largest absolute Gasteiger partial charge is 0.573 e. The molecule has 0 unspecified atom stereocenters. The quantitative estimate of drug-likeness (QED) is 0.0776. The van der Waals surface area contributed by atoms with Gasteiger partial charge in [-0.2, -0.15) is 26.3 Å². The van der Waals surface area contributed by atoms with Crippen LogP contribution in [0.2, 0.25) is 0 Å². The molecule has 0 N–H and O–H groups in total. The molecule has 148 heavy (non-hydrogen) atoms. The van der Waals surface area contributed by atoms with E-state index in [4.69, 9.17) is 72.3 Å². The van der Waals surface area contributed by atoms with Crippen LogP contribution in [0.25, 0.3) is 187 Å². The van der Waals surface area contributed by atoms with Crippen molar-refractivity contribution in [2.45, 2.75) is 40.4 Å². The number of ether oxygens (including phenoxy) is 2. The van der Waals surface area contributed by atoms with E-state index in [0.29, 0.717) is 100 Å². The number of aryl methyl sites for hydroxylation is 4. The van der Waals surface area contributed by atoms with Crippen molar-refractivity contribution in [1.82, 2.24) is 0 Å². The summed E-state index contributed by atoms with van der Waals surface area (Å²) in [5.74, 6) is -1.58. The molecule has 6 aliphatic rings. The first-order valence-electron chi connectivity index (χ1n) is 42.9. The summed E-state index contributed by atoms with van der Waals surface area (Å²) in [5.41, 5.74) is 15.1. The SMILES string of the molecule is [C-]#[N+]/C(C#N)=C1C2=C(/C(=C(\C#N)[N+]#[C-])c3cccc(-c4cc(C#N)c(C#N)c([N+]#[C-])c4)c32)c2c\1cccc2-c1cc(C#N)c([N+]#[C-])c([N+]#[C-])c1.[C-]#[N+]/C(C#N)=C1C2=C(/C(=C(\C#N)[N+]#[C-])c3cccc(-c4cc(C)c(C#N)c(OC(F)(F)F)c4)c32)c2c\1cccc2-c1cc(C)c([N+]#[C-])c(OC(F)(F)F)c1.[C-]#[N+]/C(C#N)=C1C2=C(/C(=C(\C#N)[N+]#[C-])c3cccc(-c4ccc(C#N)c(C)c4)c32)c2c\1cccc2-c1ccc([N+]#[C-])c(C)c1. The van der Waals surface area contributed by atoms with E-state index in [9.17, 15) is 84.2 Å². The standard InChI is InChI=1S/C40H16F6N6O2.C40H10N10.C38H18N6/c1-19-12-21(14-30(27(19)16-47)53-39(41,42)43)23-8-6-10-25-32(23)36-35(29(18-49)51-4)26-11-7-9-24(33(26)37(36)34(25)28(17-48)50-3)22-13-20(2)38(52-5)31(15-22)54-40(44,45)46;1-46-30-14-21(12-23(16-41)29(30)18-43)25-8-6-10-27-34(25)38-37(33(20-45)49-4)28-11-7-9-26(35(28)39(38)36(27)32(19-44)48-3)22-13-24(17-42)40(50-5)31(15-22)47-2;1-21-16-23(12-13-25(21)18-39)26-8-6-10-28-33(26)37-36(32(20-41)44-5)29-11-7-9-27(24-14-15-30(42-3)22(2)17-24)34(29)38(37)35(28)31(19-40)43-4/h6-15H,1-2H3;6-15H;6-17H,1-2H3/b34-28+,35-29-;36-32+,37-33-;35-31+,36-32-. The van der Waals surface area contributed by atoms with Crippen molar-refractivity contribution in [2.24, 2.45) is 0 Å². The zero-order chi connectivity index (χ0) is 106. The number of rotatable bonds is 8. The number of nitrogens with zero attached hydrogens (tertiary/aromatic N) is 22. The summed E-state index contributed by atoms with van der Waals surface area (Å²) in [7, 11) is 0. The Morgan fingerprint density at radius 3 is 0.811 bits per heavy atom. The molecule has 0 saturated heterocycles. The van der Waals surface area contributed by atoms with Crippen molar-refractivity contribution in [3.8, 4) is 145 Å². The van der Waals surface area contributed by atoms with Gasteiger partial charge in [-0.3, -0.25) is 4.85 Å². The first-order chi connectivity index (χ1) is 71.4. The molecule has 0 heterocycles. The zero-order valence-corrected chi connectivity index (χ0v) is 76.4. The van der Waals surface area contributed by atoms with Gasteiger partial charge < -0.3 is 9.47 Å². The molecule has 18 rings (SSSR count). The summed E-state index contributed by atoms with van der Waals surface area (Å²) >= 11 is 0. The second kappa shape index (κ2) is 38.7. The van der Waals surface area contributed by atoms with Crippen molar-refractivity contribution >= 4 is 95.3 Å². The first-order valence-corrected chi connectivity index (χ1v) is 42.9. The van der Waals surface area contributed by atoms with Crippen LogP contribution in [0.5, 0.6) is 11.5 Å². The number of fused-ring (bicyclic) bond motifs is 12. The third kappa shape index (κ3) is 15.9. The molecule has 0 fully saturated rings. The number of hydrogen-bond donors (Lipinski definition) is 0. The van der Waals surface area contributed by atoms with Gasteiger partial charge >= 0.3 is 12.7 Å². The molecule has 12 aromatic carbocycles. The van der Waals surface area contributed by atoms with Gasteiger partial charge in [-0.05, 0) is 259 Å². The van der Waals surface area contributed by atoms with Crippen LogP contribution in [0, 0.1) is 225 Å². The number of nitriles is 11. The molecule has 0 saturated carbocycles. The Morgan fingerprint density at radius 2 is 0.520 bits per heavy atom. The first kappa shape index (κ1) is 97.3. The fraction of sp³-hybridized carbons (Fsp3) is 0.0508. The van der Waals surface area contributed by atoms with Gasteiger partial charge in [0.2, 0.25) is 17.1 Å². The van der Waals surface area contributed by atoms with Gasteiger partial charge in [0.1, 0.15) is 17.6 Å². The maximum atomic E-state index is 13.5. The second-order valence-corrected chi connectivity index (χ2v) is 32.7. The lowest BCUT2D eigenvalue weighted by atomic mass is 9.85. The molecule has 0 radical (unpaired) electrons. The normalized spacial score (nSPS) is 14.1. The van der Waals surface area contributed by atoms with E-state index in [2.05, 4.69) is 81.0 Å². The predicted molar refractivity (Wildman–Crippen MR) is 534 cm³/mol. The molecule has 12 aromatic rings. The molecular weight excluding hydrogens is 1870 g/mol. The van der Waals surface area contributed by atoms with E-state index < -0.39 is 41.3 Å². The lowest BCUT2D eigenvalue weighted by Gasteiger charge is -2.19. The molecule has 6 aliphatic carbocycles. The molecule has 0 bridgehead atoms. The zero-order valence-electron chi connectivity index (χ0n) is 76.4. The highest BCUT2D eigenvalue weighted by Crippen LogP contribution is 2.68. The van der Waals surface area contributed by atoms with Crippen LogP contribution in [0.3, 0.4) is 0 Å². The van der Waals surface area contributed by atoms with Crippen LogP contribution in [0.1, 0.15) is 117 Å². The maximum absolute atomic E-state index is 13.5. The van der Waals surface area contributed by atoms with Gasteiger partial charge in [-0.25, -0.2) is 80.0 Å². The predicted octanol–water partition coefficient (Wildman–Crippen LogP) is 29.9. The Kier molecular flexibility index (Phi) is 25.4. The summed E-state index contributed by atoms with van der Waals surface area (Å²) in [4.78, 5) is 38.4. The van der Waals surface area contributed by atoms with Crippen molar-refractivity contribution < 1.29 is 35.8 Å². The average Bonchev–Trinajstić information content (AvgIpc) is 1.54. The summed E-state index contributed by atoms with van der Waals surface area (Å²) in [5, 5.41) is 110. The molecule has 24 nitrogen and oxygen atoms in total. The highest BCUT2D eigenvalue weighted by atomic mass is 19.4. The number of alkyl halides is 6. The third-order valence-electron chi connectivity index (χ3n) is 25.2. The van der Waals surface area contributed by atoms with Crippen LogP contribution in [0.15, 0.2) is 228 Å². The van der Waals surface area contributed by atoms with Crippen LogP contribution < -0.4 is 9.47 Å². The Hall–Kier alpha value is -23.7. The molecular formula is C118H44F6N22O2. The second-order valence-electron chi connectivity index (χ2n) is 32.7. The van der Waals surface area contributed by atoms with E-state index in [1.54, 1.807) is 66.7 Å². The van der Waals surface area contributed by atoms with Gasteiger partial charge in [0, 0.05) is 39.0 Å². The molecule has 0 atom stereocenters. The lowest BCUT2D eigenvalue weighted by molar-refractivity contribution is -0.275. The van der Waals surface area contributed by atoms with Crippen LogP contribution >= 0.6 is 0 Å². The van der Waals surface area contributed by atoms with E-state index in [1.165, 1.54) is 74.5 Å². The highest BCUT2D eigenvalue weighted by Gasteiger charge is 2.48. The van der Waals surface area contributed by atoms with Crippen LogP contribution in [-0.4, -0.2) is 12.7 Å². The lowest BCUT2D eigenvalue weighted by Crippen LogP contribution is -2.18. The average molecular weight is 1920 g/mol. The van der Waals surface area contributed by atoms with Gasteiger partial charge in [-0.15, -0.1) is 26.3 Å². The van der Waals surface area contributed by atoms with Gasteiger partial charge in [0.05, 0.1) is 155 Å². The Bertz CT molecular complexity index is 9000. The molecule has 680 valence electrons. The fourth-order valence-electron chi connectivity index (χ4n) is 19.5. The van der Waals surface area contributed by atoms with Crippen molar-refractivity contribution in [2.75, 3.05) is 0 Å². The minimum atomic E-state index is -5.16. The van der Waals surface area contributed by atoms with Crippen molar-refractivity contribution in [1.29, 1.82) is 57.9 Å². The van der Waals surface area contributed by atoms with Crippen molar-refractivity contribution in [3.63, 3.8) is 0 Å². The highest BCUT2D eigenvalue weighted by molar-refractivity contribution is 6.43. The maximum Gasteiger partial charge on any atom is 0.573 e. The Labute approximate surface area is 840 Å². The number of hydrogen-bond acceptors (Lipinski definition) is 13. The third-order valence-corrected chi connectivity index (χ3v) is 25.2. The molecule has 0 amide bonds. The monoisotopic (exact) mass is 1910 g/mol. The minimum absolute atomic E-state index is 0.0284. The molecule has 0 spiro atoms. The fourth-order valence-corrected chi connectivity index (χ4v) is 19.5. The topological polar surface area (TPSA) is 328 Å².